The highest BCUT2D eigenvalue weighted by Crippen LogP contribution is 2.44. The average molecular weight is 228 g/mol. The summed E-state index contributed by atoms with van der Waals surface area (Å²) in [4.78, 5) is 11.5. The van der Waals surface area contributed by atoms with Gasteiger partial charge in [-0.05, 0) is 40.0 Å². The van der Waals surface area contributed by atoms with E-state index in [0.717, 1.165) is 19.3 Å². The number of amides is 1. The van der Waals surface area contributed by atoms with Gasteiger partial charge in [-0.25, -0.2) is 4.79 Å². The van der Waals surface area contributed by atoms with Crippen molar-refractivity contribution in [2.75, 3.05) is 0 Å². The van der Waals surface area contributed by atoms with Crippen LogP contribution in [0.3, 0.4) is 0 Å². The Morgan fingerprint density at radius 3 is 2.56 bits per heavy atom. The van der Waals surface area contributed by atoms with Gasteiger partial charge in [0.1, 0.15) is 11.8 Å². The van der Waals surface area contributed by atoms with Crippen molar-refractivity contribution in [3.05, 3.63) is 0 Å². The first-order chi connectivity index (χ1) is 7.30. The van der Waals surface area contributed by atoms with Crippen LogP contribution in [0, 0.1) is 0 Å². The van der Waals surface area contributed by atoms with Crippen molar-refractivity contribution in [3.8, 4) is 0 Å². The maximum atomic E-state index is 11.5. The molecule has 0 aromatic rings. The fraction of sp³-hybridized carbons (Fsp3) is 0.909. The summed E-state index contributed by atoms with van der Waals surface area (Å²) in [5.74, 6) is 0. The van der Waals surface area contributed by atoms with Crippen LogP contribution >= 0.6 is 0 Å². The molecule has 5 heteroatoms. The van der Waals surface area contributed by atoms with Gasteiger partial charge < -0.3 is 15.2 Å². The molecule has 1 saturated carbocycles. The fourth-order valence-corrected chi connectivity index (χ4v) is 2.09. The van der Waals surface area contributed by atoms with Crippen LogP contribution in [0.25, 0.3) is 0 Å². The SMILES string of the molecule is CC(C)(C)OC(=O)NC1CC2(CC2)NC1O. The Balaban J connectivity index is 1.83. The molecule has 2 unspecified atom stereocenters. The summed E-state index contributed by atoms with van der Waals surface area (Å²) in [6, 6.07) is -0.239. The maximum absolute atomic E-state index is 11.5. The van der Waals surface area contributed by atoms with Crippen molar-refractivity contribution in [3.63, 3.8) is 0 Å². The number of carbonyl (C=O) groups excluding carboxylic acids is 1. The Morgan fingerprint density at radius 1 is 1.50 bits per heavy atom. The van der Waals surface area contributed by atoms with E-state index in [1.54, 1.807) is 0 Å². The third-order valence-corrected chi connectivity index (χ3v) is 3.00. The molecule has 0 aromatic heterocycles. The molecule has 2 atom stereocenters. The van der Waals surface area contributed by atoms with E-state index < -0.39 is 17.9 Å². The van der Waals surface area contributed by atoms with Crippen LogP contribution in [-0.2, 0) is 4.74 Å². The molecule has 1 heterocycles. The molecule has 0 aromatic carbocycles. The first kappa shape index (κ1) is 11.7. The third kappa shape index (κ3) is 2.65. The summed E-state index contributed by atoms with van der Waals surface area (Å²) >= 11 is 0. The molecule has 1 spiro atoms. The van der Waals surface area contributed by atoms with E-state index in [-0.39, 0.29) is 11.6 Å². The van der Waals surface area contributed by atoms with Gasteiger partial charge in [-0.15, -0.1) is 0 Å². The van der Waals surface area contributed by atoms with Crippen molar-refractivity contribution in [1.29, 1.82) is 0 Å². The molecule has 5 nitrogen and oxygen atoms in total. The number of rotatable bonds is 1. The minimum atomic E-state index is -0.657. The van der Waals surface area contributed by atoms with Crippen LogP contribution in [0.15, 0.2) is 0 Å². The zero-order valence-corrected chi connectivity index (χ0v) is 10.0. The van der Waals surface area contributed by atoms with Gasteiger partial charge in [-0.1, -0.05) is 0 Å². The molecule has 2 aliphatic rings. The lowest BCUT2D eigenvalue weighted by Gasteiger charge is -2.22. The Kier molecular flexibility index (Phi) is 2.62. The number of hydrogen-bond acceptors (Lipinski definition) is 4. The van der Waals surface area contributed by atoms with Gasteiger partial charge >= 0.3 is 6.09 Å². The predicted molar refractivity (Wildman–Crippen MR) is 58.9 cm³/mol. The molecule has 1 aliphatic heterocycles. The summed E-state index contributed by atoms with van der Waals surface area (Å²) in [6.07, 6.45) is 1.83. The van der Waals surface area contributed by atoms with E-state index in [0.29, 0.717) is 0 Å². The molecule has 1 aliphatic carbocycles. The number of alkyl carbamates (subject to hydrolysis) is 1. The molecule has 0 bridgehead atoms. The van der Waals surface area contributed by atoms with E-state index in [9.17, 15) is 9.90 Å². The summed E-state index contributed by atoms with van der Waals surface area (Å²) < 4.78 is 5.15. The Labute approximate surface area is 95.5 Å². The summed E-state index contributed by atoms with van der Waals surface area (Å²) in [5, 5.41) is 15.5. The first-order valence-electron chi connectivity index (χ1n) is 5.75. The first-order valence-corrected chi connectivity index (χ1v) is 5.75. The van der Waals surface area contributed by atoms with Crippen molar-refractivity contribution in [2.24, 2.45) is 0 Å². The number of carbonyl (C=O) groups is 1. The summed E-state index contributed by atoms with van der Waals surface area (Å²) in [6.45, 7) is 5.45. The van der Waals surface area contributed by atoms with Crippen LogP contribution in [0.1, 0.15) is 40.0 Å². The van der Waals surface area contributed by atoms with E-state index >= 15 is 0 Å². The fourth-order valence-electron chi connectivity index (χ4n) is 2.09. The number of nitrogens with one attached hydrogen (secondary N) is 2. The highest BCUT2D eigenvalue weighted by molar-refractivity contribution is 5.68. The van der Waals surface area contributed by atoms with Gasteiger partial charge in [0.15, 0.2) is 0 Å². The molecule has 16 heavy (non-hydrogen) atoms. The van der Waals surface area contributed by atoms with Crippen LogP contribution in [0.4, 0.5) is 4.79 Å². The van der Waals surface area contributed by atoms with Gasteiger partial charge in [0.05, 0.1) is 6.04 Å². The molecular formula is C11H20N2O3. The van der Waals surface area contributed by atoms with Gasteiger partial charge in [0, 0.05) is 5.54 Å². The third-order valence-electron chi connectivity index (χ3n) is 3.00. The van der Waals surface area contributed by atoms with Crippen LogP contribution in [-0.4, -0.2) is 34.6 Å². The molecule has 0 radical (unpaired) electrons. The minimum Gasteiger partial charge on any atom is -0.444 e. The predicted octanol–water partition coefficient (Wildman–Crippen LogP) is 0.724. The monoisotopic (exact) mass is 228 g/mol. The van der Waals surface area contributed by atoms with Gasteiger partial charge in [-0.2, -0.15) is 0 Å². The van der Waals surface area contributed by atoms with Gasteiger partial charge in [0.25, 0.3) is 0 Å². The lowest BCUT2D eigenvalue weighted by Crippen LogP contribution is -2.45. The lowest BCUT2D eigenvalue weighted by molar-refractivity contribution is 0.0435. The van der Waals surface area contributed by atoms with E-state index in [1.165, 1.54) is 0 Å². The summed E-state index contributed by atoms with van der Waals surface area (Å²) in [7, 11) is 0. The smallest absolute Gasteiger partial charge is 0.408 e. The Bertz CT molecular complexity index is 294. The maximum Gasteiger partial charge on any atom is 0.408 e. The minimum absolute atomic E-state index is 0.0824. The lowest BCUT2D eigenvalue weighted by atomic mass is 10.1. The number of ether oxygens (including phenoxy) is 1. The number of aliphatic hydroxyl groups is 1. The van der Waals surface area contributed by atoms with E-state index in [1.807, 2.05) is 20.8 Å². The van der Waals surface area contributed by atoms with Crippen molar-refractivity contribution < 1.29 is 14.6 Å². The zero-order chi connectivity index (χ0) is 12.0. The zero-order valence-electron chi connectivity index (χ0n) is 10.0. The molecule has 1 saturated heterocycles. The van der Waals surface area contributed by atoms with Crippen molar-refractivity contribution in [1.82, 2.24) is 10.6 Å². The largest absolute Gasteiger partial charge is 0.444 e. The second-order valence-corrected chi connectivity index (χ2v) is 5.83. The Hall–Kier alpha value is -0.810. The quantitative estimate of drug-likeness (QED) is 0.618. The highest BCUT2D eigenvalue weighted by atomic mass is 16.6. The molecule has 3 N–H and O–H groups in total. The molecule has 92 valence electrons. The van der Waals surface area contributed by atoms with Crippen molar-refractivity contribution >= 4 is 6.09 Å². The van der Waals surface area contributed by atoms with E-state index in [2.05, 4.69) is 10.6 Å². The van der Waals surface area contributed by atoms with Gasteiger partial charge in [0.2, 0.25) is 0 Å². The normalized spacial score (nSPS) is 31.5. The number of aliphatic hydroxyl groups excluding tert-OH is 1. The molecule has 1 amide bonds. The second kappa shape index (κ2) is 3.60. The van der Waals surface area contributed by atoms with Crippen LogP contribution < -0.4 is 10.6 Å². The average Bonchev–Trinajstić information content (AvgIpc) is 2.72. The molecular weight excluding hydrogens is 208 g/mol. The van der Waals surface area contributed by atoms with Gasteiger partial charge in [-0.3, -0.25) is 5.32 Å². The van der Waals surface area contributed by atoms with Crippen LogP contribution in [0.2, 0.25) is 0 Å². The van der Waals surface area contributed by atoms with Crippen LogP contribution in [0.5, 0.6) is 0 Å². The standard InChI is InChI=1S/C11H20N2O3/c1-10(2,3)16-9(15)12-7-6-11(4-5-11)13-8(7)14/h7-8,13-14H,4-6H2,1-3H3,(H,12,15). The topological polar surface area (TPSA) is 70.6 Å². The summed E-state index contributed by atoms with van der Waals surface area (Å²) in [5.41, 5.74) is -0.419. The van der Waals surface area contributed by atoms with E-state index in [4.69, 9.17) is 4.74 Å². The Morgan fingerprint density at radius 2 is 2.12 bits per heavy atom. The second-order valence-electron chi connectivity index (χ2n) is 5.83. The molecule has 2 fully saturated rings. The number of hydrogen-bond donors (Lipinski definition) is 3. The molecule has 2 rings (SSSR count). The van der Waals surface area contributed by atoms with Crippen molar-refractivity contribution in [2.45, 2.75) is 63.4 Å². The highest BCUT2D eigenvalue weighted by Gasteiger charge is 2.52.